The van der Waals surface area contributed by atoms with Crippen LogP contribution in [0.3, 0.4) is 0 Å². The molecule has 2 amide bonds. The molecule has 2 aromatic carbocycles. The Morgan fingerprint density at radius 3 is 2.60 bits per heavy atom. The summed E-state index contributed by atoms with van der Waals surface area (Å²) in [6, 6.07) is 9.22. The Balaban J connectivity index is 1.71. The van der Waals surface area contributed by atoms with Crippen molar-refractivity contribution >= 4 is 46.7 Å². The molecule has 5 rings (SSSR count). The summed E-state index contributed by atoms with van der Waals surface area (Å²) in [6.07, 6.45) is 5.06. The summed E-state index contributed by atoms with van der Waals surface area (Å²) in [7, 11) is 0. The van der Waals surface area contributed by atoms with Gasteiger partial charge in [-0.25, -0.2) is 4.39 Å². The molecule has 214 valence electrons. The Morgan fingerprint density at radius 2 is 1.90 bits per heavy atom. The summed E-state index contributed by atoms with van der Waals surface area (Å²) in [5.74, 6) is -2.95. The number of carboxylic acid groups (broad SMARTS) is 1. The SMILES string of the molecule is CCN1[C@@H](C(=O)NCCCCC(=O)O)[C@H](c2cccc(Cl)c2F)[C@]2(C(=O)Nc3cc(Cl)ccc32)C12CCCCC2. The summed E-state index contributed by atoms with van der Waals surface area (Å²) >= 11 is 12.6. The predicted octanol–water partition coefficient (Wildman–Crippen LogP) is 5.88. The number of aliphatic carboxylic acids is 1. The molecule has 0 radical (unpaired) electrons. The van der Waals surface area contributed by atoms with Gasteiger partial charge in [-0.1, -0.05) is 67.6 Å². The normalized spacial score (nSPS) is 25.2. The van der Waals surface area contributed by atoms with E-state index in [4.69, 9.17) is 28.3 Å². The van der Waals surface area contributed by atoms with Crippen LogP contribution in [0.1, 0.15) is 75.3 Å². The fourth-order valence-electron chi connectivity index (χ4n) is 7.77. The van der Waals surface area contributed by atoms with E-state index in [9.17, 15) is 14.4 Å². The van der Waals surface area contributed by atoms with E-state index in [0.717, 1.165) is 24.8 Å². The number of carboxylic acids is 1. The number of unbranched alkanes of at least 4 members (excludes halogenated alkanes) is 1. The number of halogens is 3. The molecule has 1 aliphatic carbocycles. The van der Waals surface area contributed by atoms with Crippen LogP contribution in [0.5, 0.6) is 0 Å². The van der Waals surface area contributed by atoms with Gasteiger partial charge in [0.15, 0.2) is 0 Å². The average Bonchev–Trinajstić information content (AvgIpc) is 3.34. The summed E-state index contributed by atoms with van der Waals surface area (Å²) in [4.78, 5) is 41.7. The Kier molecular flexibility index (Phi) is 8.15. The summed E-state index contributed by atoms with van der Waals surface area (Å²) in [5, 5.41) is 15.4. The third kappa shape index (κ3) is 4.39. The molecule has 3 atom stereocenters. The zero-order valence-corrected chi connectivity index (χ0v) is 24.0. The van der Waals surface area contributed by atoms with Crippen LogP contribution in [0.25, 0.3) is 0 Å². The highest BCUT2D eigenvalue weighted by Crippen LogP contribution is 2.66. The van der Waals surface area contributed by atoms with Gasteiger partial charge in [-0.05, 0) is 61.6 Å². The fraction of sp³-hybridized carbons (Fsp3) is 0.500. The van der Waals surface area contributed by atoms with Gasteiger partial charge in [-0.2, -0.15) is 0 Å². The van der Waals surface area contributed by atoms with Gasteiger partial charge in [-0.3, -0.25) is 19.3 Å². The molecule has 1 saturated heterocycles. The smallest absolute Gasteiger partial charge is 0.303 e. The number of nitrogens with zero attached hydrogens (tertiary/aromatic N) is 1. The predicted molar refractivity (Wildman–Crippen MR) is 152 cm³/mol. The molecular weight excluding hydrogens is 556 g/mol. The molecule has 10 heteroatoms. The van der Waals surface area contributed by atoms with Gasteiger partial charge in [0.1, 0.15) is 11.2 Å². The number of hydrogen-bond donors (Lipinski definition) is 3. The second-order valence-corrected chi connectivity index (χ2v) is 11.9. The standard InChI is InChI=1S/C30H34Cl2FN3O4/c1-2-36-26(27(39)34-16-7-4-11-23(37)38)24(19-9-8-10-21(32)25(19)33)30(29(36)14-5-3-6-15-29)20-13-12-18(31)17-22(20)35-28(30)40/h8-10,12-13,17,24,26H,2-7,11,14-16H2,1H3,(H,34,39)(H,35,40)(H,37,38)/t24-,26+,30+/m0/s1. The van der Waals surface area contributed by atoms with Crippen molar-refractivity contribution < 1.29 is 23.9 Å². The highest BCUT2D eigenvalue weighted by Gasteiger charge is 2.75. The molecule has 1 saturated carbocycles. The van der Waals surface area contributed by atoms with Gasteiger partial charge in [0, 0.05) is 35.1 Å². The first kappa shape index (κ1) is 28.8. The van der Waals surface area contributed by atoms with Crippen LogP contribution in [0.15, 0.2) is 36.4 Å². The largest absolute Gasteiger partial charge is 0.481 e. The highest BCUT2D eigenvalue weighted by molar-refractivity contribution is 6.31. The highest BCUT2D eigenvalue weighted by atomic mass is 35.5. The van der Waals surface area contributed by atoms with Crippen molar-refractivity contribution in [1.82, 2.24) is 10.2 Å². The Hall–Kier alpha value is -2.68. The van der Waals surface area contributed by atoms with Crippen molar-refractivity contribution in [2.45, 2.75) is 81.2 Å². The molecule has 0 aromatic heterocycles. The number of carbonyl (C=O) groups is 3. The molecule has 2 aliphatic heterocycles. The molecule has 0 bridgehead atoms. The zero-order valence-electron chi connectivity index (χ0n) is 22.4. The topological polar surface area (TPSA) is 98.7 Å². The first-order valence-electron chi connectivity index (χ1n) is 14.0. The van der Waals surface area contributed by atoms with Crippen LogP contribution < -0.4 is 10.6 Å². The number of amides is 2. The second-order valence-electron chi connectivity index (χ2n) is 11.0. The molecular formula is C30H34Cl2FN3O4. The van der Waals surface area contributed by atoms with E-state index in [1.165, 1.54) is 6.07 Å². The minimum Gasteiger partial charge on any atom is -0.481 e. The van der Waals surface area contributed by atoms with Crippen LogP contribution >= 0.6 is 23.2 Å². The quantitative estimate of drug-likeness (QED) is 0.334. The maximum atomic E-state index is 16.0. The third-order valence-electron chi connectivity index (χ3n) is 9.14. The molecule has 3 N–H and O–H groups in total. The van der Waals surface area contributed by atoms with E-state index in [-0.39, 0.29) is 35.4 Å². The lowest BCUT2D eigenvalue weighted by Crippen LogP contribution is -2.61. The van der Waals surface area contributed by atoms with Gasteiger partial charge >= 0.3 is 5.97 Å². The van der Waals surface area contributed by atoms with E-state index in [1.807, 2.05) is 13.0 Å². The number of fused-ring (bicyclic) bond motifs is 3. The van der Waals surface area contributed by atoms with Crippen molar-refractivity contribution in [2.24, 2.45) is 0 Å². The number of likely N-dealkylation sites (tertiary alicyclic amines) is 1. The number of hydrogen-bond acceptors (Lipinski definition) is 4. The molecule has 2 aromatic rings. The van der Waals surface area contributed by atoms with Gasteiger partial charge < -0.3 is 15.7 Å². The van der Waals surface area contributed by atoms with Crippen molar-refractivity contribution in [3.63, 3.8) is 0 Å². The van der Waals surface area contributed by atoms with Crippen LogP contribution in [0.2, 0.25) is 10.0 Å². The third-order valence-corrected chi connectivity index (χ3v) is 9.66. The van der Waals surface area contributed by atoms with Crippen LogP contribution in [0, 0.1) is 5.82 Å². The molecule has 2 heterocycles. The molecule has 7 nitrogen and oxygen atoms in total. The summed E-state index contributed by atoms with van der Waals surface area (Å²) in [6.45, 7) is 2.74. The number of anilines is 1. The van der Waals surface area contributed by atoms with Crippen molar-refractivity contribution in [2.75, 3.05) is 18.4 Å². The number of likely N-dealkylation sites (N-methyl/N-ethyl adjacent to an activating group) is 1. The number of carbonyl (C=O) groups excluding carboxylic acids is 2. The van der Waals surface area contributed by atoms with E-state index < -0.39 is 34.7 Å². The lowest BCUT2D eigenvalue weighted by Gasteiger charge is -2.50. The number of rotatable bonds is 8. The van der Waals surface area contributed by atoms with E-state index >= 15 is 4.39 Å². The average molecular weight is 591 g/mol. The van der Waals surface area contributed by atoms with E-state index in [0.29, 0.717) is 42.9 Å². The lowest BCUT2D eigenvalue weighted by molar-refractivity contribution is -0.137. The lowest BCUT2D eigenvalue weighted by atomic mass is 9.55. The first-order valence-corrected chi connectivity index (χ1v) is 14.8. The van der Waals surface area contributed by atoms with Crippen LogP contribution in [-0.2, 0) is 19.8 Å². The van der Waals surface area contributed by atoms with Crippen LogP contribution in [0.4, 0.5) is 10.1 Å². The minimum absolute atomic E-state index is 0.0163. The monoisotopic (exact) mass is 589 g/mol. The summed E-state index contributed by atoms with van der Waals surface area (Å²) in [5.41, 5.74) is -0.463. The van der Waals surface area contributed by atoms with Gasteiger partial charge in [0.2, 0.25) is 11.8 Å². The van der Waals surface area contributed by atoms with Gasteiger partial charge in [0.25, 0.3) is 0 Å². The molecule has 2 spiro atoms. The van der Waals surface area contributed by atoms with Crippen molar-refractivity contribution in [3.05, 3.63) is 63.4 Å². The Labute approximate surface area is 243 Å². The minimum atomic E-state index is -1.26. The molecule has 40 heavy (non-hydrogen) atoms. The Bertz CT molecular complexity index is 1330. The fourth-order valence-corrected chi connectivity index (χ4v) is 8.12. The Morgan fingerprint density at radius 1 is 1.15 bits per heavy atom. The molecule has 0 unspecified atom stereocenters. The van der Waals surface area contributed by atoms with Crippen molar-refractivity contribution in [1.29, 1.82) is 0 Å². The van der Waals surface area contributed by atoms with Gasteiger partial charge in [-0.15, -0.1) is 0 Å². The number of nitrogens with one attached hydrogen (secondary N) is 2. The zero-order chi connectivity index (χ0) is 28.7. The second kappa shape index (κ2) is 11.3. The van der Waals surface area contributed by atoms with Crippen LogP contribution in [-0.4, -0.2) is 52.5 Å². The number of benzene rings is 2. The van der Waals surface area contributed by atoms with Crippen molar-refractivity contribution in [3.8, 4) is 0 Å². The summed E-state index contributed by atoms with van der Waals surface area (Å²) < 4.78 is 16.0. The van der Waals surface area contributed by atoms with E-state index in [1.54, 1.807) is 24.3 Å². The maximum absolute atomic E-state index is 16.0. The first-order chi connectivity index (χ1) is 19.2. The molecule has 3 aliphatic rings. The maximum Gasteiger partial charge on any atom is 0.303 e. The molecule has 2 fully saturated rings. The van der Waals surface area contributed by atoms with E-state index in [2.05, 4.69) is 15.5 Å². The van der Waals surface area contributed by atoms with Gasteiger partial charge in [0.05, 0.1) is 11.1 Å².